The summed E-state index contributed by atoms with van der Waals surface area (Å²) in [5.74, 6) is 1.27. The molecule has 0 spiro atoms. The van der Waals surface area contributed by atoms with Gasteiger partial charge < -0.3 is 9.47 Å². The minimum atomic E-state index is 0.118. The average molecular weight is 360 g/mol. The number of imidazole rings is 1. The van der Waals surface area contributed by atoms with Crippen molar-refractivity contribution in [3.8, 4) is 0 Å². The number of rotatable bonds is 5. The molecule has 0 bridgehead atoms. The van der Waals surface area contributed by atoms with Crippen LogP contribution in [0.1, 0.15) is 19.7 Å². The van der Waals surface area contributed by atoms with Crippen molar-refractivity contribution < 1.29 is 0 Å². The summed E-state index contributed by atoms with van der Waals surface area (Å²) in [6.07, 6.45) is 1.80. The highest BCUT2D eigenvalue weighted by Gasteiger charge is 2.23. The lowest BCUT2D eigenvalue weighted by Crippen LogP contribution is -2.32. The molecule has 2 heterocycles. The molecule has 0 amide bonds. The van der Waals surface area contributed by atoms with E-state index >= 15 is 0 Å². The van der Waals surface area contributed by atoms with Crippen molar-refractivity contribution in [2.24, 2.45) is 5.41 Å². The molecule has 4 nitrogen and oxygen atoms in total. The predicted octanol–water partition coefficient (Wildman–Crippen LogP) is 3.52. The predicted molar refractivity (Wildman–Crippen MR) is 87.1 cm³/mol. The molecule has 0 atom stereocenters. The molecule has 0 saturated carbocycles. The highest BCUT2D eigenvalue weighted by molar-refractivity contribution is 9.10. The van der Waals surface area contributed by atoms with Gasteiger partial charge in [-0.2, -0.15) is 0 Å². The molecule has 110 valence electrons. The van der Waals surface area contributed by atoms with Crippen molar-refractivity contribution >= 4 is 38.7 Å². The molecule has 0 unspecified atom stereocenters. The standard InChI is InChI=1S/C14H20BrClN4/c1-14(2,8-19(3)4)9-20-12(6-16)18-11-5-10(15)7-17-13(11)20/h5,7H,6,8-9H2,1-4H3. The van der Waals surface area contributed by atoms with E-state index in [1.54, 1.807) is 6.20 Å². The Balaban J connectivity index is 2.42. The summed E-state index contributed by atoms with van der Waals surface area (Å²) in [5, 5.41) is 0. The Labute approximate surface area is 133 Å². The number of nitrogens with zero attached hydrogens (tertiary/aromatic N) is 4. The van der Waals surface area contributed by atoms with Gasteiger partial charge in [0.1, 0.15) is 11.3 Å². The molecule has 0 aromatic carbocycles. The third-order valence-corrected chi connectivity index (χ3v) is 3.75. The van der Waals surface area contributed by atoms with E-state index in [1.807, 2.05) is 6.07 Å². The van der Waals surface area contributed by atoms with Crippen LogP contribution in [0.25, 0.3) is 11.2 Å². The summed E-state index contributed by atoms with van der Waals surface area (Å²) in [6, 6.07) is 1.98. The van der Waals surface area contributed by atoms with Crippen LogP contribution in [0, 0.1) is 5.41 Å². The second-order valence-electron chi connectivity index (χ2n) is 6.15. The average Bonchev–Trinajstić information content (AvgIpc) is 2.64. The first kappa shape index (κ1) is 15.7. The monoisotopic (exact) mass is 358 g/mol. The minimum absolute atomic E-state index is 0.118. The summed E-state index contributed by atoms with van der Waals surface area (Å²) in [6.45, 7) is 6.33. The first-order valence-electron chi connectivity index (χ1n) is 6.54. The van der Waals surface area contributed by atoms with Gasteiger partial charge >= 0.3 is 0 Å². The van der Waals surface area contributed by atoms with Crippen molar-refractivity contribution in [3.63, 3.8) is 0 Å². The maximum absolute atomic E-state index is 6.04. The van der Waals surface area contributed by atoms with Gasteiger partial charge in [0.05, 0.1) is 5.88 Å². The summed E-state index contributed by atoms with van der Waals surface area (Å²) in [5.41, 5.74) is 1.90. The molecule has 0 aliphatic rings. The highest BCUT2D eigenvalue weighted by Crippen LogP contribution is 2.25. The summed E-state index contributed by atoms with van der Waals surface area (Å²) < 4.78 is 3.07. The number of fused-ring (bicyclic) bond motifs is 1. The lowest BCUT2D eigenvalue weighted by Gasteiger charge is -2.29. The second kappa shape index (κ2) is 6.00. The molecule has 0 aliphatic carbocycles. The fourth-order valence-electron chi connectivity index (χ4n) is 2.64. The van der Waals surface area contributed by atoms with Crippen LogP contribution in [-0.2, 0) is 12.4 Å². The van der Waals surface area contributed by atoms with Crippen molar-refractivity contribution in [2.75, 3.05) is 20.6 Å². The smallest absolute Gasteiger partial charge is 0.160 e. The number of alkyl halides is 1. The Kier molecular flexibility index (Phi) is 4.72. The van der Waals surface area contributed by atoms with Gasteiger partial charge in [-0.25, -0.2) is 9.97 Å². The SMILES string of the molecule is CN(C)CC(C)(C)Cn1c(CCl)nc2cc(Br)cnc21. The molecule has 0 N–H and O–H groups in total. The zero-order valence-electron chi connectivity index (χ0n) is 12.3. The van der Waals surface area contributed by atoms with Gasteiger partial charge in [0.15, 0.2) is 5.65 Å². The summed E-state index contributed by atoms with van der Waals surface area (Å²) in [7, 11) is 4.18. The molecule has 0 saturated heterocycles. The van der Waals surface area contributed by atoms with Crippen LogP contribution >= 0.6 is 27.5 Å². The van der Waals surface area contributed by atoms with E-state index in [2.05, 4.69) is 63.3 Å². The largest absolute Gasteiger partial charge is 0.311 e. The van der Waals surface area contributed by atoms with E-state index in [-0.39, 0.29) is 5.41 Å². The lowest BCUT2D eigenvalue weighted by molar-refractivity contribution is 0.211. The maximum Gasteiger partial charge on any atom is 0.160 e. The fraction of sp³-hybridized carbons (Fsp3) is 0.571. The quantitative estimate of drug-likeness (QED) is 0.766. The van der Waals surface area contributed by atoms with Crippen molar-refractivity contribution in [1.82, 2.24) is 19.4 Å². The number of hydrogen-bond acceptors (Lipinski definition) is 3. The normalized spacial score (nSPS) is 12.6. The van der Waals surface area contributed by atoms with Crippen molar-refractivity contribution in [2.45, 2.75) is 26.3 Å². The molecule has 6 heteroatoms. The van der Waals surface area contributed by atoms with Crippen LogP contribution in [0.3, 0.4) is 0 Å². The Hall–Kier alpha value is -0.650. The molecule has 2 aromatic heterocycles. The van der Waals surface area contributed by atoms with Gasteiger partial charge in [0.2, 0.25) is 0 Å². The van der Waals surface area contributed by atoms with Gasteiger partial charge in [-0.15, -0.1) is 11.6 Å². The first-order valence-corrected chi connectivity index (χ1v) is 7.86. The van der Waals surface area contributed by atoms with E-state index in [0.29, 0.717) is 5.88 Å². The molecule has 0 aliphatic heterocycles. The third-order valence-electron chi connectivity index (χ3n) is 3.08. The van der Waals surface area contributed by atoms with Gasteiger partial charge in [-0.05, 0) is 41.5 Å². The van der Waals surface area contributed by atoms with Gasteiger partial charge in [0.25, 0.3) is 0 Å². The number of pyridine rings is 1. The van der Waals surface area contributed by atoms with E-state index in [0.717, 1.165) is 34.6 Å². The van der Waals surface area contributed by atoms with Crippen molar-refractivity contribution in [3.05, 3.63) is 22.6 Å². The molecule has 0 fully saturated rings. The fourth-order valence-corrected chi connectivity index (χ4v) is 3.16. The van der Waals surface area contributed by atoms with Gasteiger partial charge in [-0.1, -0.05) is 13.8 Å². The third kappa shape index (κ3) is 3.51. The minimum Gasteiger partial charge on any atom is -0.311 e. The summed E-state index contributed by atoms with van der Waals surface area (Å²) in [4.78, 5) is 11.3. The van der Waals surface area contributed by atoms with Gasteiger partial charge in [0, 0.05) is 23.8 Å². The number of halogens is 2. The van der Waals surface area contributed by atoms with Crippen LogP contribution in [0.2, 0.25) is 0 Å². The Morgan fingerprint density at radius 1 is 1.40 bits per heavy atom. The molecule has 2 aromatic rings. The highest BCUT2D eigenvalue weighted by atomic mass is 79.9. The van der Waals surface area contributed by atoms with Crippen LogP contribution in [0.15, 0.2) is 16.7 Å². The zero-order valence-corrected chi connectivity index (χ0v) is 14.7. The number of hydrogen-bond donors (Lipinski definition) is 0. The first-order chi connectivity index (χ1) is 9.32. The van der Waals surface area contributed by atoms with Crippen LogP contribution < -0.4 is 0 Å². The second-order valence-corrected chi connectivity index (χ2v) is 7.33. The molecule has 2 rings (SSSR count). The van der Waals surface area contributed by atoms with Crippen LogP contribution in [0.4, 0.5) is 0 Å². The van der Waals surface area contributed by atoms with Crippen LogP contribution in [0.5, 0.6) is 0 Å². The molecule has 0 radical (unpaired) electrons. The van der Waals surface area contributed by atoms with E-state index < -0.39 is 0 Å². The van der Waals surface area contributed by atoms with E-state index in [4.69, 9.17) is 11.6 Å². The topological polar surface area (TPSA) is 34.0 Å². The van der Waals surface area contributed by atoms with E-state index in [1.165, 1.54) is 0 Å². The zero-order chi connectivity index (χ0) is 14.9. The maximum atomic E-state index is 6.04. The van der Waals surface area contributed by atoms with Crippen LogP contribution in [-0.4, -0.2) is 40.1 Å². The molecular formula is C14H20BrClN4. The van der Waals surface area contributed by atoms with Crippen molar-refractivity contribution in [1.29, 1.82) is 0 Å². The van der Waals surface area contributed by atoms with Gasteiger partial charge in [-0.3, -0.25) is 0 Å². The Morgan fingerprint density at radius 3 is 2.70 bits per heavy atom. The summed E-state index contributed by atoms with van der Waals surface area (Å²) >= 11 is 9.48. The molecular weight excluding hydrogens is 340 g/mol. The number of aromatic nitrogens is 3. The Bertz CT molecular complexity index is 606. The molecule has 20 heavy (non-hydrogen) atoms. The Morgan fingerprint density at radius 2 is 2.10 bits per heavy atom. The lowest BCUT2D eigenvalue weighted by atomic mass is 9.93. The van der Waals surface area contributed by atoms with E-state index in [9.17, 15) is 0 Å².